The van der Waals surface area contributed by atoms with Crippen LogP contribution in [0.3, 0.4) is 0 Å². The van der Waals surface area contributed by atoms with Crippen molar-refractivity contribution in [2.75, 3.05) is 30.9 Å². The van der Waals surface area contributed by atoms with E-state index in [-0.39, 0.29) is 5.60 Å². The van der Waals surface area contributed by atoms with Gasteiger partial charge in [-0.1, -0.05) is 0 Å². The van der Waals surface area contributed by atoms with Crippen molar-refractivity contribution in [2.45, 2.75) is 44.2 Å². The smallest absolute Gasteiger partial charge is 0.221 e. The molecule has 0 unspecified atom stereocenters. The number of anilines is 2. The van der Waals surface area contributed by atoms with E-state index in [0.717, 1.165) is 56.9 Å². The predicted octanol–water partition coefficient (Wildman–Crippen LogP) is 1.51. The monoisotopic (exact) mass is 278 g/mol. The molecule has 0 radical (unpaired) electrons. The molecule has 2 saturated heterocycles. The van der Waals surface area contributed by atoms with E-state index < -0.39 is 0 Å². The molecule has 3 heterocycles. The van der Waals surface area contributed by atoms with Crippen LogP contribution in [0.25, 0.3) is 0 Å². The highest BCUT2D eigenvalue weighted by atomic mass is 16.5. The van der Waals surface area contributed by atoms with Gasteiger partial charge in [0.1, 0.15) is 5.82 Å². The molecule has 110 valence electrons. The van der Waals surface area contributed by atoms with E-state index in [9.17, 15) is 0 Å². The maximum atomic E-state index is 6.05. The summed E-state index contributed by atoms with van der Waals surface area (Å²) in [7, 11) is 0. The fourth-order valence-corrected chi connectivity index (χ4v) is 3.04. The fraction of sp³-hybridized carbons (Fsp3) is 0.714. The van der Waals surface area contributed by atoms with Crippen LogP contribution in [-0.2, 0) is 9.47 Å². The molecule has 3 N–H and O–H groups in total. The van der Waals surface area contributed by atoms with E-state index in [1.807, 2.05) is 6.92 Å². The lowest BCUT2D eigenvalue weighted by Crippen LogP contribution is -2.48. The first-order chi connectivity index (χ1) is 9.67. The zero-order chi connectivity index (χ0) is 14.0. The van der Waals surface area contributed by atoms with Crippen LogP contribution >= 0.6 is 0 Å². The van der Waals surface area contributed by atoms with E-state index in [2.05, 4.69) is 15.3 Å². The molecule has 1 atom stereocenters. The van der Waals surface area contributed by atoms with Gasteiger partial charge in [-0.15, -0.1) is 0 Å². The zero-order valence-electron chi connectivity index (χ0n) is 11.9. The molecular weight excluding hydrogens is 256 g/mol. The van der Waals surface area contributed by atoms with Gasteiger partial charge in [0.05, 0.1) is 5.60 Å². The summed E-state index contributed by atoms with van der Waals surface area (Å²) in [5.41, 5.74) is 6.67. The number of nitrogens with one attached hydrogen (secondary N) is 1. The Morgan fingerprint density at radius 1 is 1.35 bits per heavy atom. The lowest BCUT2D eigenvalue weighted by Gasteiger charge is -2.43. The summed E-state index contributed by atoms with van der Waals surface area (Å²) in [6.07, 6.45) is 5.71. The van der Waals surface area contributed by atoms with Gasteiger partial charge in [-0.2, -0.15) is 4.98 Å². The SMILES string of the molecule is Cc1cnc(N)nc1N[C@H]1CCOC2(CCOCC2)C1. The molecule has 1 spiro atoms. The summed E-state index contributed by atoms with van der Waals surface area (Å²) in [6.45, 7) is 4.38. The molecular formula is C14H22N4O2. The first-order valence-electron chi connectivity index (χ1n) is 7.24. The molecule has 3 rings (SSSR count). The van der Waals surface area contributed by atoms with Crippen LogP contribution in [-0.4, -0.2) is 41.4 Å². The first kappa shape index (κ1) is 13.6. The molecule has 6 nitrogen and oxygen atoms in total. The molecule has 2 aliphatic rings. The normalized spacial score (nSPS) is 25.6. The molecule has 0 saturated carbocycles. The van der Waals surface area contributed by atoms with Crippen molar-refractivity contribution < 1.29 is 9.47 Å². The number of rotatable bonds is 2. The molecule has 0 aromatic carbocycles. The minimum atomic E-state index is -0.0132. The summed E-state index contributed by atoms with van der Waals surface area (Å²) in [5.74, 6) is 1.15. The van der Waals surface area contributed by atoms with E-state index in [1.165, 1.54) is 0 Å². The van der Waals surface area contributed by atoms with Crippen LogP contribution in [0.1, 0.15) is 31.2 Å². The quantitative estimate of drug-likeness (QED) is 0.853. The van der Waals surface area contributed by atoms with Gasteiger partial charge in [-0.25, -0.2) is 4.98 Å². The Morgan fingerprint density at radius 2 is 2.15 bits per heavy atom. The summed E-state index contributed by atoms with van der Waals surface area (Å²) in [4.78, 5) is 8.29. The van der Waals surface area contributed by atoms with Gasteiger partial charge in [-0.05, 0) is 32.6 Å². The summed E-state index contributed by atoms with van der Waals surface area (Å²) < 4.78 is 11.5. The maximum absolute atomic E-state index is 6.05. The average Bonchev–Trinajstić information content (AvgIpc) is 2.44. The van der Waals surface area contributed by atoms with E-state index in [0.29, 0.717) is 12.0 Å². The van der Waals surface area contributed by atoms with Crippen LogP contribution in [0.15, 0.2) is 6.20 Å². The van der Waals surface area contributed by atoms with Crippen LogP contribution in [0.4, 0.5) is 11.8 Å². The lowest BCUT2D eigenvalue weighted by atomic mass is 9.84. The molecule has 6 heteroatoms. The highest BCUT2D eigenvalue weighted by Gasteiger charge is 2.39. The highest BCUT2D eigenvalue weighted by Crippen LogP contribution is 2.35. The van der Waals surface area contributed by atoms with Crippen molar-refractivity contribution in [3.8, 4) is 0 Å². The van der Waals surface area contributed by atoms with Crippen molar-refractivity contribution in [1.82, 2.24) is 9.97 Å². The van der Waals surface area contributed by atoms with E-state index in [4.69, 9.17) is 15.2 Å². The first-order valence-corrected chi connectivity index (χ1v) is 7.24. The lowest BCUT2D eigenvalue weighted by molar-refractivity contribution is -0.135. The Bertz CT molecular complexity index is 469. The summed E-state index contributed by atoms with van der Waals surface area (Å²) in [5, 5.41) is 3.51. The van der Waals surface area contributed by atoms with Crippen molar-refractivity contribution >= 4 is 11.8 Å². The van der Waals surface area contributed by atoms with Gasteiger partial charge in [0.15, 0.2) is 0 Å². The number of hydrogen-bond acceptors (Lipinski definition) is 6. The van der Waals surface area contributed by atoms with Crippen LogP contribution in [0.2, 0.25) is 0 Å². The molecule has 0 bridgehead atoms. The Balaban J connectivity index is 1.69. The molecule has 0 aliphatic carbocycles. The standard InChI is InChI=1S/C14H22N4O2/c1-10-9-16-13(15)18-12(10)17-11-2-5-20-14(8-11)3-6-19-7-4-14/h9,11H,2-8H2,1H3,(H3,15,16,17,18)/t11-/m0/s1. The molecule has 2 fully saturated rings. The zero-order valence-corrected chi connectivity index (χ0v) is 11.9. The topological polar surface area (TPSA) is 82.3 Å². The number of ether oxygens (including phenoxy) is 2. The van der Waals surface area contributed by atoms with Crippen molar-refractivity contribution in [3.05, 3.63) is 11.8 Å². The Labute approximate surface area is 119 Å². The number of aromatic nitrogens is 2. The molecule has 1 aromatic heterocycles. The van der Waals surface area contributed by atoms with Gasteiger partial charge in [-0.3, -0.25) is 0 Å². The van der Waals surface area contributed by atoms with E-state index in [1.54, 1.807) is 6.20 Å². The predicted molar refractivity (Wildman–Crippen MR) is 76.6 cm³/mol. The van der Waals surface area contributed by atoms with Gasteiger partial charge in [0.25, 0.3) is 0 Å². The Hall–Kier alpha value is -1.40. The number of nitrogens with two attached hydrogens (primary N) is 1. The minimum absolute atomic E-state index is 0.0132. The minimum Gasteiger partial charge on any atom is -0.381 e. The molecule has 1 aromatic rings. The van der Waals surface area contributed by atoms with Crippen LogP contribution in [0, 0.1) is 6.92 Å². The summed E-state index contributed by atoms with van der Waals surface area (Å²) >= 11 is 0. The Morgan fingerprint density at radius 3 is 2.95 bits per heavy atom. The fourth-order valence-electron chi connectivity index (χ4n) is 3.04. The van der Waals surface area contributed by atoms with Gasteiger partial charge < -0.3 is 20.5 Å². The van der Waals surface area contributed by atoms with Crippen molar-refractivity contribution in [1.29, 1.82) is 0 Å². The molecule has 20 heavy (non-hydrogen) atoms. The highest BCUT2D eigenvalue weighted by molar-refractivity contribution is 5.46. The largest absolute Gasteiger partial charge is 0.381 e. The summed E-state index contributed by atoms with van der Waals surface area (Å²) in [6, 6.07) is 0.370. The van der Waals surface area contributed by atoms with Gasteiger partial charge in [0, 0.05) is 37.6 Å². The van der Waals surface area contributed by atoms with Crippen LogP contribution < -0.4 is 11.1 Å². The van der Waals surface area contributed by atoms with Crippen molar-refractivity contribution in [3.63, 3.8) is 0 Å². The van der Waals surface area contributed by atoms with Crippen molar-refractivity contribution in [2.24, 2.45) is 0 Å². The number of nitrogen functional groups attached to an aromatic ring is 1. The Kier molecular flexibility index (Phi) is 3.76. The van der Waals surface area contributed by atoms with Crippen LogP contribution in [0.5, 0.6) is 0 Å². The van der Waals surface area contributed by atoms with E-state index >= 15 is 0 Å². The second-order valence-corrected chi connectivity index (χ2v) is 5.74. The third-order valence-electron chi connectivity index (χ3n) is 4.23. The average molecular weight is 278 g/mol. The van der Waals surface area contributed by atoms with Gasteiger partial charge in [0.2, 0.25) is 5.95 Å². The second-order valence-electron chi connectivity index (χ2n) is 5.74. The molecule has 0 amide bonds. The third kappa shape index (κ3) is 2.86. The van der Waals surface area contributed by atoms with Gasteiger partial charge >= 0.3 is 0 Å². The molecule has 2 aliphatic heterocycles. The number of aryl methyl sites for hydroxylation is 1. The number of nitrogens with zero attached hydrogens (tertiary/aromatic N) is 2. The maximum Gasteiger partial charge on any atom is 0.221 e. The number of hydrogen-bond donors (Lipinski definition) is 2. The second kappa shape index (κ2) is 5.54. The third-order valence-corrected chi connectivity index (χ3v) is 4.23.